The fraction of sp³-hybridized carbons (Fsp3) is 0.273. The molecule has 0 radical (unpaired) electrons. The summed E-state index contributed by atoms with van der Waals surface area (Å²) in [5, 5.41) is 13.5. The van der Waals surface area contributed by atoms with Gasteiger partial charge in [0.2, 0.25) is 0 Å². The molecule has 0 atom stereocenters. The van der Waals surface area contributed by atoms with Crippen LogP contribution < -0.4 is 10.1 Å². The highest BCUT2D eigenvalue weighted by Crippen LogP contribution is 2.38. The largest absolute Gasteiger partial charge is 0.497 e. The van der Waals surface area contributed by atoms with Crippen LogP contribution in [0, 0.1) is 5.82 Å². The number of fused-ring (bicyclic) bond motifs is 1. The van der Waals surface area contributed by atoms with E-state index in [2.05, 4.69) is 10.3 Å². The molecule has 6 nitrogen and oxygen atoms in total. The van der Waals surface area contributed by atoms with E-state index in [9.17, 15) is 14.3 Å². The fourth-order valence-corrected chi connectivity index (χ4v) is 3.71. The van der Waals surface area contributed by atoms with Crippen LogP contribution in [0.5, 0.6) is 5.75 Å². The summed E-state index contributed by atoms with van der Waals surface area (Å²) in [7, 11) is 1.48. The number of benzene rings is 2. The minimum atomic E-state index is -1.08. The van der Waals surface area contributed by atoms with Crippen molar-refractivity contribution in [2.75, 3.05) is 25.6 Å². The van der Waals surface area contributed by atoms with Crippen molar-refractivity contribution >= 4 is 28.2 Å². The van der Waals surface area contributed by atoms with E-state index < -0.39 is 5.97 Å². The molecule has 150 valence electrons. The van der Waals surface area contributed by atoms with Crippen LogP contribution in [0.15, 0.2) is 42.6 Å². The summed E-state index contributed by atoms with van der Waals surface area (Å²) < 4.78 is 24.7. The Balaban J connectivity index is 1.87. The first-order valence-corrected chi connectivity index (χ1v) is 9.41. The van der Waals surface area contributed by atoms with Gasteiger partial charge < -0.3 is 19.9 Å². The molecule has 1 aliphatic heterocycles. The van der Waals surface area contributed by atoms with Crippen LogP contribution in [-0.4, -0.2) is 36.4 Å². The number of aromatic carboxylic acids is 1. The number of rotatable bonds is 5. The molecule has 2 N–H and O–H groups in total. The molecule has 2 aromatic carbocycles. The third kappa shape index (κ3) is 3.86. The van der Waals surface area contributed by atoms with Crippen LogP contribution >= 0.6 is 0 Å². The van der Waals surface area contributed by atoms with E-state index in [0.717, 1.165) is 18.4 Å². The number of methoxy groups -OCH3 is 1. The molecule has 1 aromatic heterocycles. The molecule has 1 saturated heterocycles. The molecular formula is C22H21FN2O4. The molecule has 29 heavy (non-hydrogen) atoms. The van der Waals surface area contributed by atoms with E-state index in [-0.39, 0.29) is 17.3 Å². The lowest BCUT2D eigenvalue weighted by molar-refractivity contribution is 0.0697. The summed E-state index contributed by atoms with van der Waals surface area (Å²) in [6.45, 7) is 1.29. The normalized spacial score (nSPS) is 14.7. The maximum Gasteiger partial charge on any atom is 0.337 e. The van der Waals surface area contributed by atoms with Crippen molar-refractivity contribution in [3.63, 3.8) is 0 Å². The molecular weight excluding hydrogens is 375 g/mol. The zero-order valence-electron chi connectivity index (χ0n) is 15.9. The number of nitrogens with zero attached hydrogens (tertiary/aromatic N) is 1. The highest BCUT2D eigenvalue weighted by atomic mass is 19.1. The zero-order chi connectivity index (χ0) is 20.4. The Hall–Kier alpha value is -3.19. The summed E-state index contributed by atoms with van der Waals surface area (Å²) in [4.78, 5) is 16.3. The molecule has 0 bridgehead atoms. The number of halogens is 1. The average Bonchev–Trinajstić information content (AvgIpc) is 2.74. The molecule has 0 unspecified atom stereocenters. The lowest BCUT2D eigenvalue weighted by Gasteiger charge is -2.26. The molecule has 1 aliphatic rings. The number of anilines is 2. The lowest BCUT2D eigenvalue weighted by Crippen LogP contribution is -2.16. The third-order valence-corrected chi connectivity index (χ3v) is 5.24. The minimum absolute atomic E-state index is 0.0728. The van der Waals surface area contributed by atoms with Gasteiger partial charge in [-0.25, -0.2) is 9.18 Å². The van der Waals surface area contributed by atoms with Crippen molar-refractivity contribution in [1.29, 1.82) is 0 Å². The summed E-state index contributed by atoms with van der Waals surface area (Å²) in [5.74, 6) is -0.815. The maximum atomic E-state index is 14.0. The van der Waals surface area contributed by atoms with E-state index in [1.54, 1.807) is 24.4 Å². The Morgan fingerprint density at radius 1 is 1.24 bits per heavy atom. The van der Waals surface area contributed by atoms with Gasteiger partial charge in [0.1, 0.15) is 11.6 Å². The number of hydrogen-bond donors (Lipinski definition) is 2. The molecule has 0 aliphatic carbocycles. The van der Waals surface area contributed by atoms with E-state index in [1.807, 2.05) is 0 Å². The van der Waals surface area contributed by atoms with Gasteiger partial charge >= 0.3 is 5.97 Å². The fourth-order valence-electron chi connectivity index (χ4n) is 3.71. The number of carboxylic acids is 1. The second kappa shape index (κ2) is 8.05. The van der Waals surface area contributed by atoms with Crippen molar-refractivity contribution in [2.24, 2.45) is 0 Å². The van der Waals surface area contributed by atoms with Crippen molar-refractivity contribution < 1.29 is 23.8 Å². The quantitative estimate of drug-likeness (QED) is 0.650. The number of nitrogens with one attached hydrogen (secondary N) is 1. The van der Waals surface area contributed by atoms with Crippen LogP contribution in [-0.2, 0) is 4.74 Å². The number of carboxylic acid groups (broad SMARTS) is 1. The van der Waals surface area contributed by atoms with Crippen molar-refractivity contribution in [3.8, 4) is 5.75 Å². The van der Waals surface area contributed by atoms with Gasteiger partial charge in [0.25, 0.3) is 0 Å². The van der Waals surface area contributed by atoms with E-state index in [1.165, 1.54) is 25.3 Å². The van der Waals surface area contributed by atoms with Crippen molar-refractivity contribution in [2.45, 2.75) is 18.8 Å². The Kier molecular flexibility index (Phi) is 5.31. The number of hydrogen-bond acceptors (Lipinski definition) is 5. The van der Waals surface area contributed by atoms with Gasteiger partial charge in [-0.15, -0.1) is 0 Å². The molecule has 0 saturated carbocycles. The van der Waals surface area contributed by atoms with E-state index in [4.69, 9.17) is 9.47 Å². The van der Waals surface area contributed by atoms with Crippen LogP contribution in [0.2, 0.25) is 0 Å². The molecule has 7 heteroatoms. The monoisotopic (exact) mass is 396 g/mol. The number of pyridine rings is 1. The number of aromatic nitrogens is 1. The van der Waals surface area contributed by atoms with Gasteiger partial charge in [0.15, 0.2) is 0 Å². The molecule has 2 heterocycles. The topological polar surface area (TPSA) is 80.7 Å². The van der Waals surface area contributed by atoms with Gasteiger partial charge in [-0.2, -0.15) is 0 Å². The summed E-state index contributed by atoms with van der Waals surface area (Å²) >= 11 is 0. The molecule has 4 rings (SSSR count). The smallest absolute Gasteiger partial charge is 0.337 e. The second-order valence-corrected chi connectivity index (χ2v) is 6.98. The summed E-state index contributed by atoms with van der Waals surface area (Å²) in [5.41, 5.74) is 2.72. The Labute approximate surface area is 167 Å². The standard InChI is InChI=1S/C22H21FN2O4/c1-28-15-3-5-20(17(11-15)22(26)27)25-21-16-10-14(23)2-4-19(16)24-12-18(21)13-6-8-29-9-7-13/h2-5,10-13H,6-9H2,1H3,(H,24,25)(H,26,27). The maximum absolute atomic E-state index is 14.0. The predicted molar refractivity (Wildman–Crippen MR) is 108 cm³/mol. The first-order valence-electron chi connectivity index (χ1n) is 9.41. The predicted octanol–water partition coefficient (Wildman–Crippen LogP) is 4.72. The second-order valence-electron chi connectivity index (χ2n) is 6.98. The van der Waals surface area contributed by atoms with E-state index >= 15 is 0 Å². The number of ether oxygens (including phenoxy) is 2. The molecule has 0 spiro atoms. The molecule has 3 aromatic rings. The average molecular weight is 396 g/mol. The first kappa shape index (κ1) is 19.1. The third-order valence-electron chi connectivity index (χ3n) is 5.24. The Morgan fingerprint density at radius 3 is 2.76 bits per heavy atom. The number of carbonyl (C=O) groups is 1. The lowest BCUT2D eigenvalue weighted by atomic mass is 9.90. The van der Waals surface area contributed by atoms with Gasteiger partial charge in [0.05, 0.1) is 29.6 Å². The van der Waals surface area contributed by atoms with Gasteiger partial charge in [-0.3, -0.25) is 4.98 Å². The van der Waals surface area contributed by atoms with Gasteiger partial charge in [-0.05, 0) is 60.7 Å². The zero-order valence-corrected chi connectivity index (χ0v) is 15.9. The highest BCUT2D eigenvalue weighted by molar-refractivity contribution is 6.00. The minimum Gasteiger partial charge on any atom is -0.497 e. The summed E-state index contributed by atoms with van der Waals surface area (Å²) in [6, 6.07) is 9.22. The molecule has 0 amide bonds. The molecule has 1 fully saturated rings. The van der Waals surface area contributed by atoms with Crippen LogP contribution in [0.3, 0.4) is 0 Å². The van der Waals surface area contributed by atoms with Crippen LogP contribution in [0.1, 0.15) is 34.7 Å². The van der Waals surface area contributed by atoms with E-state index in [0.29, 0.717) is 41.2 Å². The van der Waals surface area contributed by atoms with Crippen molar-refractivity contribution in [1.82, 2.24) is 4.98 Å². The van der Waals surface area contributed by atoms with Gasteiger partial charge in [-0.1, -0.05) is 0 Å². The SMILES string of the molecule is COc1ccc(Nc2c(C3CCOCC3)cnc3ccc(F)cc23)c(C(=O)O)c1. The summed E-state index contributed by atoms with van der Waals surface area (Å²) in [6.07, 6.45) is 3.44. The van der Waals surface area contributed by atoms with Crippen molar-refractivity contribution in [3.05, 3.63) is 59.5 Å². The Morgan fingerprint density at radius 2 is 2.03 bits per heavy atom. The highest BCUT2D eigenvalue weighted by Gasteiger charge is 2.23. The first-order chi connectivity index (χ1) is 14.1. The van der Waals surface area contributed by atoms with Gasteiger partial charge in [0, 0.05) is 24.8 Å². The Bertz CT molecular complexity index is 1060. The van der Waals surface area contributed by atoms with Crippen LogP contribution in [0.4, 0.5) is 15.8 Å². The van der Waals surface area contributed by atoms with Crippen LogP contribution in [0.25, 0.3) is 10.9 Å².